The first-order valence-electron chi connectivity index (χ1n) is 7.16. The van der Waals surface area contributed by atoms with Gasteiger partial charge in [-0.1, -0.05) is 30.3 Å². The van der Waals surface area contributed by atoms with Crippen molar-refractivity contribution < 1.29 is 19.4 Å². The molecule has 1 N–H and O–H groups in total. The van der Waals surface area contributed by atoms with Gasteiger partial charge in [-0.3, -0.25) is 4.79 Å². The summed E-state index contributed by atoms with van der Waals surface area (Å²) in [4.78, 5) is 25.2. The highest BCUT2D eigenvalue weighted by molar-refractivity contribution is 5.79. The van der Waals surface area contributed by atoms with Gasteiger partial charge in [-0.05, 0) is 25.3 Å². The molecule has 1 saturated heterocycles. The van der Waals surface area contributed by atoms with Crippen LogP contribution in [0.3, 0.4) is 0 Å². The maximum atomic E-state index is 12.2. The van der Waals surface area contributed by atoms with Gasteiger partial charge in [0.2, 0.25) is 0 Å². The SMILES string of the molecule is CC1(C(=O)O)CN(C(=O)OCc2ccccc2)CC12CC2. The predicted octanol–water partition coefficient (Wildman–Crippen LogP) is 2.51. The fourth-order valence-corrected chi connectivity index (χ4v) is 3.24. The number of ether oxygens (including phenoxy) is 1. The summed E-state index contributed by atoms with van der Waals surface area (Å²) >= 11 is 0. The van der Waals surface area contributed by atoms with E-state index in [0.29, 0.717) is 6.54 Å². The first-order chi connectivity index (χ1) is 9.97. The molecule has 1 aromatic rings. The van der Waals surface area contributed by atoms with Crippen molar-refractivity contribution in [1.82, 2.24) is 4.90 Å². The van der Waals surface area contributed by atoms with E-state index in [-0.39, 0.29) is 18.6 Å². The van der Waals surface area contributed by atoms with E-state index >= 15 is 0 Å². The van der Waals surface area contributed by atoms with Crippen LogP contribution in [0.4, 0.5) is 4.79 Å². The van der Waals surface area contributed by atoms with Crippen LogP contribution < -0.4 is 0 Å². The molecular weight excluding hydrogens is 270 g/mol. The standard InChI is InChI=1S/C16H19NO4/c1-15(13(18)19)10-17(11-16(15)7-8-16)14(20)21-9-12-5-3-2-4-6-12/h2-6H,7-11H2,1H3,(H,18,19). The summed E-state index contributed by atoms with van der Waals surface area (Å²) in [5.41, 5.74) is -0.171. The first-order valence-corrected chi connectivity index (χ1v) is 7.16. The van der Waals surface area contributed by atoms with Crippen LogP contribution in [0.15, 0.2) is 30.3 Å². The Morgan fingerprint density at radius 3 is 2.43 bits per heavy atom. The van der Waals surface area contributed by atoms with Crippen LogP contribution in [-0.4, -0.2) is 35.2 Å². The van der Waals surface area contributed by atoms with Crippen LogP contribution in [0.1, 0.15) is 25.3 Å². The molecule has 0 radical (unpaired) electrons. The van der Waals surface area contributed by atoms with E-state index in [0.717, 1.165) is 18.4 Å². The highest BCUT2D eigenvalue weighted by atomic mass is 16.6. The predicted molar refractivity (Wildman–Crippen MR) is 75.6 cm³/mol. The fraction of sp³-hybridized carbons (Fsp3) is 0.500. The van der Waals surface area contributed by atoms with E-state index in [1.165, 1.54) is 0 Å². The third kappa shape index (κ3) is 2.26. The number of amides is 1. The molecular formula is C16H19NO4. The van der Waals surface area contributed by atoms with Crippen molar-refractivity contribution in [2.45, 2.75) is 26.4 Å². The Labute approximate surface area is 123 Å². The maximum Gasteiger partial charge on any atom is 0.410 e. The molecule has 112 valence electrons. The van der Waals surface area contributed by atoms with E-state index in [4.69, 9.17) is 4.74 Å². The Morgan fingerprint density at radius 1 is 1.24 bits per heavy atom. The second-order valence-electron chi connectivity index (χ2n) is 6.31. The van der Waals surface area contributed by atoms with Gasteiger partial charge >= 0.3 is 12.1 Å². The minimum Gasteiger partial charge on any atom is -0.481 e. The van der Waals surface area contributed by atoms with Crippen LogP contribution in [0.2, 0.25) is 0 Å². The number of nitrogens with zero attached hydrogens (tertiary/aromatic N) is 1. The van der Waals surface area contributed by atoms with Crippen LogP contribution in [-0.2, 0) is 16.1 Å². The topological polar surface area (TPSA) is 66.8 Å². The number of carboxylic acid groups (broad SMARTS) is 1. The lowest BCUT2D eigenvalue weighted by atomic mass is 9.77. The number of carbonyl (C=O) groups is 2. The Bertz CT molecular complexity index is 567. The minimum absolute atomic E-state index is 0.215. The molecule has 1 aliphatic heterocycles. The molecule has 2 fully saturated rings. The molecule has 1 unspecified atom stereocenters. The number of likely N-dealkylation sites (tertiary alicyclic amines) is 1. The van der Waals surface area contributed by atoms with Gasteiger partial charge < -0.3 is 14.7 Å². The third-order valence-corrected chi connectivity index (χ3v) is 4.96. The van der Waals surface area contributed by atoms with Gasteiger partial charge in [0.25, 0.3) is 0 Å². The van der Waals surface area contributed by atoms with Crippen molar-refractivity contribution in [3.63, 3.8) is 0 Å². The number of rotatable bonds is 3. The van der Waals surface area contributed by atoms with Gasteiger partial charge in [-0.25, -0.2) is 4.79 Å². The normalized spacial score (nSPS) is 25.9. The zero-order valence-corrected chi connectivity index (χ0v) is 12.0. The Balaban J connectivity index is 1.63. The smallest absolute Gasteiger partial charge is 0.410 e. The summed E-state index contributed by atoms with van der Waals surface area (Å²) in [6.45, 7) is 2.68. The monoisotopic (exact) mass is 289 g/mol. The average Bonchev–Trinajstić information content (AvgIpc) is 3.19. The molecule has 3 rings (SSSR count). The van der Waals surface area contributed by atoms with Gasteiger partial charge in [0.1, 0.15) is 6.61 Å². The van der Waals surface area contributed by atoms with Crippen molar-refractivity contribution in [2.24, 2.45) is 10.8 Å². The molecule has 5 nitrogen and oxygen atoms in total. The van der Waals surface area contributed by atoms with Gasteiger partial charge in [-0.15, -0.1) is 0 Å². The van der Waals surface area contributed by atoms with Crippen LogP contribution >= 0.6 is 0 Å². The number of hydrogen-bond donors (Lipinski definition) is 1. The molecule has 1 heterocycles. The summed E-state index contributed by atoms with van der Waals surface area (Å²) in [5.74, 6) is -0.821. The molecule has 1 amide bonds. The van der Waals surface area contributed by atoms with E-state index in [1.807, 2.05) is 30.3 Å². The molecule has 1 atom stereocenters. The van der Waals surface area contributed by atoms with Crippen molar-refractivity contribution in [2.75, 3.05) is 13.1 Å². The quantitative estimate of drug-likeness (QED) is 0.928. The summed E-state index contributed by atoms with van der Waals surface area (Å²) < 4.78 is 5.30. The molecule has 0 bridgehead atoms. The maximum absolute atomic E-state index is 12.2. The van der Waals surface area contributed by atoms with Gasteiger partial charge in [0.15, 0.2) is 0 Å². The van der Waals surface area contributed by atoms with Crippen LogP contribution in [0.25, 0.3) is 0 Å². The molecule has 5 heteroatoms. The number of benzene rings is 1. The van der Waals surface area contributed by atoms with Gasteiger partial charge in [0.05, 0.1) is 5.41 Å². The molecule has 1 aromatic carbocycles. The zero-order valence-electron chi connectivity index (χ0n) is 12.0. The third-order valence-electron chi connectivity index (χ3n) is 4.96. The Kier molecular flexibility index (Phi) is 3.15. The average molecular weight is 289 g/mol. The molecule has 0 aromatic heterocycles. The van der Waals surface area contributed by atoms with E-state index in [1.54, 1.807) is 11.8 Å². The van der Waals surface area contributed by atoms with E-state index in [9.17, 15) is 14.7 Å². The van der Waals surface area contributed by atoms with Gasteiger partial charge in [-0.2, -0.15) is 0 Å². The molecule has 1 saturated carbocycles. The second-order valence-corrected chi connectivity index (χ2v) is 6.31. The fourth-order valence-electron chi connectivity index (χ4n) is 3.24. The molecule has 1 aliphatic carbocycles. The highest BCUT2D eigenvalue weighted by Gasteiger charge is 2.66. The van der Waals surface area contributed by atoms with Crippen LogP contribution in [0.5, 0.6) is 0 Å². The number of carbonyl (C=O) groups excluding carboxylic acids is 1. The van der Waals surface area contributed by atoms with Crippen molar-refractivity contribution in [3.05, 3.63) is 35.9 Å². The number of hydrogen-bond acceptors (Lipinski definition) is 3. The zero-order chi connectivity index (χ0) is 15.1. The number of aliphatic carboxylic acids is 1. The summed E-state index contributed by atoms with van der Waals surface area (Å²) in [5, 5.41) is 9.48. The molecule has 2 aliphatic rings. The lowest BCUT2D eigenvalue weighted by Crippen LogP contribution is -2.37. The summed E-state index contributed by atoms with van der Waals surface area (Å²) in [6, 6.07) is 9.46. The highest BCUT2D eigenvalue weighted by Crippen LogP contribution is 2.62. The van der Waals surface area contributed by atoms with E-state index in [2.05, 4.69) is 0 Å². The van der Waals surface area contributed by atoms with Crippen molar-refractivity contribution >= 4 is 12.1 Å². The Morgan fingerprint density at radius 2 is 1.90 bits per heavy atom. The summed E-state index contributed by atoms with van der Waals surface area (Å²) in [7, 11) is 0. The number of carboxylic acids is 1. The largest absolute Gasteiger partial charge is 0.481 e. The van der Waals surface area contributed by atoms with Crippen molar-refractivity contribution in [1.29, 1.82) is 0 Å². The lowest BCUT2D eigenvalue weighted by Gasteiger charge is -2.24. The molecule has 21 heavy (non-hydrogen) atoms. The van der Waals surface area contributed by atoms with Crippen molar-refractivity contribution in [3.8, 4) is 0 Å². The van der Waals surface area contributed by atoms with Gasteiger partial charge in [0, 0.05) is 18.5 Å². The minimum atomic E-state index is -0.848. The first kappa shape index (κ1) is 13.9. The van der Waals surface area contributed by atoms with Crippen LogP contribution in [0, 0.1) is 10.8 Å². The lowest BCUT2D eigenvalue weighted by molar-refractivity contribution is -0.150. The molecule has 1 spiro atoms. The van der Waals surface area contributed by atoms with E-state index < -0.39 is 17.5 Å². The summed E-state index contributed by atoms with van der Waals surface area (Å²) in [6.07, 6.45) is 1.33. The second kappa shape index (κ2) is 4.76. The Hall–Kier alpha value is -2.04.